The second-order valence-corrected chi connectivity index (χ2v) is 10.5. The van der Waals surface area contributed by atoms with E-state index in [2.05, 4.69) is 0 Å². The number of hydrogen-bond donors (Lipinski definition) is 8. The molecular weight excluding hydrogens is 512 g/mol. The summed E-state index contributed by atoms with van der Waals surface area (Å²) < 4.78 is 0. The van der Waals surface area contributed by atoms with Crippen LogP contribution < -0.4 is 0 Å². The molecule has 0 saturated heterocycles. The van der Waals surface area contributed by atoms with E-state index >= 15 is 0 Å². The van der Waals surface area contributed by atoms with Crippen LogP contribution in [0.25, 0.3) is 0 Å². The predicted octanol–water partition coefficient (Wildman–Crippen LogP) is 5.65. The summed E-state index contributed by atoms with van der Waals surface area (Å²) in [6.45, 7) is 8.02. The zero-order chi connectivity index (χ0) is 29.6. The van der Waals surface area contributed by atoms with Crippen LogP contribution in [0.3, 0.4) is 0 Å². The average Bonchev–Trinajstić information content (AvgIpc) is 2.93. The van der Waals surface area contributed by atoms with Gasteiger partial charge in [-0.3, -0.25) is 0 Å². The molecule has 0 atom stereocenters. The summed E-state index contributed by atoms with van der Waals surface area (Å²) in [6, 6.07) is 7.86. The van der Waals surface area contributed by atoms with Crippen molar-refractivity contribution in [2.75, 3.05) is 0 Å². The fourth-order valence-electron chi connectivity index (χ4n) is 5.11. The van der Waals surface area contributed by atoms with E-state index in [9.17, 15) is 40.9 Å². The van der Waals surface area contributed by atoms with Crippen LogP contribution in [0, 0.1) is 34.6 Å². The van der Waals surface area contributed by atoms with Gasteiger partial charge in [-0.15, -0.1) is 0 Å². The Labute approximate surface area is 232 Å². The predicted molar refractivity (Wildman–Crippen MR) is 151 cm³/mol. The summed E-state index contributed by atoms with van der Waals surface area (Å²) in [5.74, 6) is -0.792. The van der Waals surface area contributed by atoms with Crippen LogP contribution in [0.1, 0.15) is 61.2 Å². The maximum atomic E-state index is 10.9. The summed E-state index contributed by atoms with van der Waals surface area (Å²) in [6.07, 6.45) is 0.302. The average molecular weight is 547 g/mol. The van der Waals surface area contributed by atoms with E-state index in [1.54, 1.807) is 58.9 Å². The molecule has 0 aliphatic heterocycles. The second-order valence-electron chi connectivity index (χ2n) is 10.5. The van der Waals surface area contributed by atoms with Gasteiger partial charge in [-0.2, -0.15) is 0 Å². The van der Waals surface area contributed by atoms with Crippen molar-refractivity contribution in [3.63, 3.8) is 0 Å². The highest BCUT2D eigenvalue weighted by Gasteiger charge is 2.21. The number of aryl methyl sites for hydroxylation is 1. The first-order chi connectivity index (χ1) is 18.7. The van der Waals surface area contributed by atoms with Gasteiger partial charge in [0.05, 0.1) is 0 Å². The third-order valence-electron chi connectivity index (χ3n) is 7.74. The zero-order valence-electron chi connectivity index (χ0n) is 23.1. The van der Waals surface area contributed by atoms with Crippen molar-refractivity contribution < 1.29 is 40.9 Å². The number of phenols is 8. The number of rotatable bonds is 6. The highest BCUT2D eigenvalue weighted by molar-refractivity contribution is 5.61. The summed E-state index contributed by atoms with van der Waals surface area (Å²) in [4.78, 5) is 0. The van der Waals surface area contributed by atoms with Gasteiger partial charge < -0.3 is 40.9 Å². The van der Waals surface area contributed by atoms with Crippen LogP contribution in [0.2, 0.25) is 0 Å². The van der Waals surface area contributed by atoms with Gasteiger partial charge in [0.1, 0.15) is 46.0 Å². The summed E-state index contributed by atoms with van der Waals surface area (Å²) in [7, 11) is 0. The van der Waals surface area contributed by atoms with Gasteiger partial charge >= 0.3 is 0 Å². The lowest BCUT2D eigenvalue weighted by Gasteiger charge is -2.18. The van der Waals surface area contributed by atoms with Crippen LogP contribution in [-0.4, -0.2) is 40.9 Å². The van der Waals surface area contributed by atoms with E-state index in [0.29, 0.717) is 50.1 Å². The molecule has 0 amide bonds. The van der Waals surface area contributed by atoms with Gasteiger partial charge in [0.25, 0.3) is 0 Å². The summed E-state index contributed by atoms with van der Waals surface area (Å²) >= 11 is 0. The number of aromatic hydroxyl groups is 8. The first kappa shape index (κ1) is 28.3. The zero-order valence-corrected chi connectivity index (χ0v) is 23.1. The molecule has 0 unspecified atom stereocenters. The second kappa shape index (κ2) is 10.4. The third-order valence-corrected chi connectivity index (χ3v) is 7.74. The molecule has 4 aromatic carbocycles. The van der Waals surface area contributed by atoms with Crippen LogP contribution >= 0.6 is 0 Å². The largest absolute Gasteiger partial charge is 0.508 e. The van der Waals surface area contributed by atoms with Crippen molar-refractivity contribution in [2.45, 2.75) is 53.9 Å². The van der Waals surface area contributed by atoms with E-state index in [-0.39, 0.29) is 76.4 Å². The van der Waals surface area contributed by atoms with E-state index in [0.717, 1.165) is 0 Å². The minimum Gasteiger partial charge on any atom is -0.508 e. The fraction of sp³-hybridized carbons (Fsp3) is 0.250. The van der Waals surface area contributed by atoms with Crippen LogP contribution in [0.15, 0.2) is 30.3 Å². The van der Waals surface area contributed by atoms with Gasteiger partial charge in [-0.25, -0.2) is 0 Å². The normalized spacial score (nSPS) is 11.2. The Hall–Kier alpha value is -4.72. The Balaban J connectivity index is 1.76. The molecule has 210 valence electrons. The Kier molecular flexibility index (Phi) is 7.39. The quantitative estimate of drug-likeness (QED) is 0.154. The van der Waals surface area contributed by atoms with E-state index in [1.165, 1.54) is 6.07 Å². The van der Waals surface area contributed by atoms with Crippen LogP contribution in [0.5, 0.6) is 46.0 Å². The van der Waals surface area contributed by atoms with Crippen molar-refractivity contribution >= 4 is 0 Å². The van der Waals surface area contributed by atoms with Crippen molar-refractivity contribution in [1.29, 1.82) is 0 Å². The molecule has 40 heavy (non-hydrogen) atoms. The number of benzene rings is 4. The van der Waals surface area contributed by atoms with Gasteiger partial charge in [0.15, 0.2) is 0 Å². The third kappa shape index (κ3) is 4.88. The minimum absolute atomic E-state index is 0.00203. The number of hydrogen-bond acceptors (Lipinski definition) is 8. The summed E-state index contributed by atoms with van der Waals surface area (Å²) in [5.41, 5.74) is 4.35. The first-order valence-electron chi connectivity index (χ1n) is 12.8. The topological polar surface area (TPSA) is 162 Å². The fourth-order valence-corrected chi connectivity index (χ4v) is 5.11. The lowest BCUT2D eigenvalue weighted by atomic mass is 9.90. The molecule has 0 spiro atoms. The molecule has 0 bridgehead atoms. The molecule has 8 heteroatoms. The number of phenolic OH excluding ortho intramolecular Hbond substituents is 8. The molecule has 0 aliphatic carbocycles. The van der Waals surface area contributed by atoms with Crippen molar-refractivity contribution in [1.82, 2.24) is 0 Å². The minimum atomic E-state index is -0.151. The van der Waals surface area contributed by atoms with E-state index in [4.69, 9.17) is 0 Å². The molecule has 8 N–H and O–H groups in total. The lowest BCUT2D eigenvalue weighted by Crippen LogP contribution is -2.01. The molecule has 4 rings (SSSR count). The lowest BCUT2D eigenvalue weighted by molar-refractivity contribution is 0.431. The van der Waals surface area contributed by atoms with Crippen molar-refractivity contribution in [2.24, 2.45) is 0 Å². The molecule has 0 aliphatic rings. The Morgan fingerprint density at radius 2 is 0.700 bits per heavy atom. The molecule has 4 aromatic rings. The highest BCUT2D eigenvalue weighted by atomic mass is 16.3. The van der Waals surface area contributed by atoms with Crippen LogP contribution in [0.4, 0.5) is 0 Å². The SMILES string of the molecule is Cc1cc(Cc2cc(Cc3cc(Cc4ccc(O)c(C)c4O)c(O)c(C)c3O)c(O)c(C)c2O)c(O)c(C)c1O. The van der Waals surface area contributed by atoms with Gasteiger partial charge in [0.2, 0.25) is 0 Å². The highest BCUT2D eigenvalue weighted by Crippen LogP contribution is 2.42. The van der Waals surface area contributed by atoms with Gasteiger partial charge in [0, 0.05) is 41.5 Å². The Bertz CT molecular complexity index is 1650. The molecule has 0 saturated carbocycles. The van der Waals surface area contributed by atoms with E-state index in [1.807, 2.05) is 0 Å². The maximum Gasteiger partial charge on any atom is 0.125 e. The maximum absolute atomic E-state index is 10.9. The van der Waals surface area contributed by atoms with Gasteiger partial charge in [-0.1, -0.05) is 6.07 Å². The first-order valence-corrected chi connectivity index (χ1v) is 12.8. The molecule has 0 aromatic heterocycles. The molecule has 0 fully saturated rings. The Morgan fingerprint density at radius 1 is 0.375 bits per heavy atom. The molecular formula is C32H34O8. The Morgan fingerprint density at radius 3 is 1.12 bits per heavy atom. The smallest absolute Gasteiger partial charge is 0.125 e. The molecule has 0 radical (unpaired) electrons. The molecule has 0 heterocycles. The molecule has 8 nitrogen and oxygen atoms in total. The van der Waals surface area contributed by atoms with Crippen molar-refractivity contribution in [3.05, 3.63) is 91.5 Å². The monoisotopic (exact) mass is 546 g/mol. The van der Waals surface area contributed by atoms with Crippen molar-refractivity contribution in [3.8, 4) is 46.0 Å². The van der Waals surface area contributed by atoms with Gasteiger partial charge in [-0.05, 0) is 97.8 Å². The van der Waals surface area contributed by atoms with Crippen LogP contribution in [-0.2, 0) is 19.3 Å². The standard InChI is InChI=1S/C32H34O8/c1-14-8-20(28(36)16(3)26(14)34)10-22-12-24(32(40)18(5)30(22)38)13-23-11-21(29(37)17(4)31(23)39)9-19-6-7-25(33)15(2)27(19)35/h6-8,11-12,33-40H,9-10,13H2,1-5H3. The summed E-state index contributed by atoms with van der Waals surface area (Å²) in [5, 5.41) is 84.4. The van der Waals surface area contributed by atoms with E-state index < -0.39 is 0 Å².